The van der Waals surface area contributed by atoms with Gasteiger partial charge in [0.05, 0.1) is 6.21 Å². The lowest BCUT2D eigenvalue weighted by molar-refractivity contribution is -0.121. The maximum atomic E-state index is 12.0. The lowest BCUT2D eigenvalue weighted by Gasteiger charge is -2.07. The summed E-state index contributed by atoms with van der Waals surface area (Å²) in [6.45, 7) is 0.379. The second-order valence-corrected chi connectivity index (χ2v) is 8.48. The van der Waals surface area contributed by atoms with E-state index in [1.165, 1.54) is 0 Å². The minimum absolute atomic E-state index is 0.138. The summed E-state index contributed by atoms with van der Waals surface area (Å²) in [5, 5.41) is 7.43. The maximum Gasteiger partial charge on any atom is 0.240 e. The lowest BCUT2D eigenvalue weighted by Crippen LogP contribution is -2.18. The van der Waals surface area contributed by atoms with Gasteiger partial charge < -0.3 is 10.1 Å². The first kappa shape index (κ1) is 24.5. The van der Waals surface area contributed by atoms with Crippen LogP contribution in [0.15, 0.2) is 82.4 Å². The number of nitrogens with one attached hydrogen (secondary N) is 2. The first-order valence-electron chi connectivity index (χ1n) is 10.3. The highest BCUT2D eigenvalue weighted by atomic mass is 79.9. The van der Waals surface area contributed by atoms with E-state index < -0.39 is 0 Å². The van der Waals surface area contributed by atoms with Gasteiger partial charge in [-0.1, -0.05) is 51.8 Å². The van der Waals surface area contributed by atoms with Crippen LogP contribution in [0.3, 0.4) is 0 Å². The van der Waals surface area contributed by atoms with E-state index >= 15 is 0 Å². The monoisotopic (exact) mass is 527 g/mol. The fourth-order valence-electron chi connectivity index (χ4n) is 2.86. The molecule has 8 heteroatoms. The molecule has 2 N–H and O–H groups in total. The summed E-state index contributed by atoms with van der Waals surface area (Å²) < 4.78 is 6.63. The molecule has 6 nitrogen and oxygen atoms in total. The molecule has 0 aliphatic rings. The molecule has 0 unspecified atom stereocenters. The van der Waals surface area contributed by atoms with E-state index in [1.54, 1.807) is 6.21 Å². The maximum absolute atomic E-state index is 12.0. The number of halogens is 2. The molecule has 0 atom stereocenters. The van der Waals surface area contributed by atoms with E-state index in [2.05, 4.69) is 31.8 Å². The molecule has 0 heterocycles. The topological polar surface area (TPSA) is 79.8 Å². The number of nitrogens with zero attached hydrogens (tertiary/aromatic N) is 1. The Morgan fingerprint density at radius 3 is 2.48 bits per heavy atom. The molecule has 170 valence electrons. The van der Waals surface area contributed by atoms with Crippen molar-refractivity contribution >= 4 is 51.2 Å². The largest absolute Gasteiger partial charge is 0.489 e. The van der Waals surface area contributed by atoms with Crippen molar-refractivity contribution < 1.29 is 14.3 Å². The molecule has 33 heavy (non-hydrogen) atoms. The Balaban J connectivity index is 1.35. The van der Waals surface area contributed by atoms with Crippen LogP contribution in [0, 0.1) is 0 Å². The second-order valence-electron chi connectivity index (χ2n) is 7.15. The Morgan fingerprint density at radius 2 is 1.73 bits per heavy atom. The van der Waals surface area contributed by atoms with Crippen molar-refractivity contribution in [3.05, 3.63) is 93.4 Å². The van der Waals surface area contributed by atoms with Gasteiger partial charge in [-0.2, -0.15) is 5.10 Å². The van der Waals surface area contributed by atoms with Crippen molar-refractivity contribution in [2.75, 3.05) is 5.32 Å². The number of hydrogen-bond donors (Lipinski definition) is 2. The predicted octanol–water partition coefficient (Wildman–Crippen LogP) is 5.94. The summed E-state index contributed by atoms with van der Waals surface area (Å²) in [4.78, 5) is 23.9. The van der Waals surface area contributed by atoms with Gasteiger partial charge in [-0.25, -0.2) is 5.43 Å². The van der Waals surface area contributed by atoms with Gasteiger partial charge >= 0.3 is 0 Å². The Hall–Kier alpha value is -3.16. The smallest absolute Gasteiger partial charge is 0.240 e. The summed E-state index contributed by atoms with van der Waals surface area (Å²) in [7, 11) is 0. The number of amides is 2. The minimum atomic E-state index is -0.249. The Labute approximate surface area is 206 Å². The van der Waals surface area contributed by atoms with Crippen LogP contribution in [-0.2, 0) is 16.2 Å². The van der Waals surface area contributed by atoms with Crippen molar-refractivity contribution in [3.8, 4) is 5.75 Å². The second kappa shape index (κ2) is 12.8. The summed E-state index contributed by atoms with van der Waals surface area (Å²) >= 11 is 9.49. The fraction of sp³-hybridized carbons (Fsp3) is 0.160. The first-order chi connectivity index (χ1) is 16.0. The highest BCUT2D eigenvalue weighted by Gasteiger charge is 2.06. The van der Waals surface area contributed by atoms with Gasteiger partial charge in [0.1, 0.15) is 12.4 Å². The summed E-state index contributed by atoms with van der Waals surface area (Å²) in [5.74, 6) is 0.319. The van der Waals surface area contributed by atoms with Gasteiger partial charge in [-0.15, -0.1) is 0 Å². The Kier molecular flexibility index (Phi) is 9.47. The van der Waals surface area contributed by atoms with Crippen molar-refractivity contribution in [1.82, 2.24) is 5.43 Å². The standard InChI is InChI=1S/C25H23BrClN3O3/c26-20-6-3-7-21(15-20)29-24(31)9-4-10-25(32)30-28-16-18-11-13-22(14-12-18)33-17-19-5-1-2-8-23(19)27/h1-3,5-8,11-16H,4,9-10,17H2,(H,29,31)(H,30,32)/b28-16-. The predicted molar refractivity (Wildman–Crippen MR) is 135 cm³/mol. The zero-order chi connectivity index (χ0) is 23.5. The van der Waals surface area contributed by atoms with E-state index in [0.717, 1.165) is 15.6 Å². The van der Waals surface area contributed by atoms with E-state index in [1.807, 2.05) is 72.8 Å². The molecule has 0 fully saturated rings. The Morgan fingerprint density at radius 1 is 0.970 bits per heavy atom. The molecule has 0 saturated carbocycles. The number of rotatable bonds is 10. The molecule has 3 rings (SSSR count). The highest BCUT2D eigenvalue weighted by molar-refractivity contribution is 9.10. The van der Waals surface area contributed by atoms with Crippen LogP contribution in [0.2, 0.25) is 5.02 Å². The average Bonchev–Trinajstić information content (AvgIpc) is 2.79. The average molecular weight is 529 g/mol. The molecular weight excluding hydrogens is 506 g/mol. The van der Waals surface area contributed by atoms with E-state index in [-0.39, 0.29) is 24.7 Å². The van der Waals surface area contributed by atoms with Gasteiger partial charge in [0.2, 0.25) is 11.8 Å². The van der Waals surface area contributed by atoms with Crippen LogP contribution in [0.5, 0.6) is 5.75 Å². The number of carbonyl (C=O) groups excluding carboxylic acids is 2. The molecule has 0 bridgehead atoms. The lowest BCUT2D eigenvalue weighted by atomic mass is 10.2. The van der Waals surface area contributed by atoms with E-state index in [4.69, 9.17) is 16.3 Å². The third-order valence-electron chi connectivity index (χ3n) is 4.55. The van der Waals surface area contributed by atoms with Crippen molar-refractivity contribution in [1.29, 1.82) is 0 Å². The van der Waals surface area contributed by atoms with Crippen LogP contribution in [0.4, 0.5) is 5.69 Å². The highest BCUT2D eigenvalue weighted by Crippen LogP contribution is 2.19. The van der Waals surface area contributed by atoms with Gasteiger partial charge in [0.25, 0.3) is 0 Å². The Bertz CT molecular complexity index is 1120. The number of hydrogen-bond acceptors (Lipinski definition) is 4. The van der Waals surface area contributed by atoms with Crippen LogP contribution in [-0.4, -0.2) is 18.0 Å². The molecule has 0 saturated heterocycles. The summed E-state index contributed by atoms with van der Waals surface area (Å²) in [5.41, 5.74) is 4.92. The molecule has 0 aliphatic carbocycles. The summed E-state index contributed by atoms with van der Waals surface area (Å²) in [6.07, 6.45) is 2.44. The number of carbonyl (C=O) groups is 2. The molecule has 0 aromatic heterocycles. The van der Waals surface area contributed by atoms with Crippen LogP contribution >= 0.6 is 27.5 Å². The van der Waals surface area contributed by atoms with E-state index in [9.17, 15) is 9.59 Å². The van der Waals surface area contributed by atoms with Crippen molar-refractivity contribution in [2.24, 2.45) is 5.10 Å². The fourth-order valence-corrected chi connectivity index (χ4v) is 3.45. The van der Waals surface area contributed by atoms with Crippen molar-refractivity contribution in [2.45, 2.75) is 25.9 Å². The van der Waals surface area contributed by atoms with Gasteiger partial charge in [0.15, 0.2) is 0 Å². The molecular formula is C25H23BrClN3O3. The van der Waals surface area contributed by atoms with Gasteiger partial charge in [0, 0.05) is 33.6 Å². The van der Waals surface area contributed by atoms with Gasteiger partial charge in [-0.05, 0) is 60.5 Å². The van der Waals surface area contributed by atoms with Gasteiger partial charge in [-0.3, -0.25) is 9.59 Å². The molecule has 3 aromatic rings. The molecule has 2 amide bonds. The SMILES string of the molecule is O=C(CCCC(=O)Nc1cccc(Br)c1)N/N=C\c1ccc(OCc2ccccc2Cl)cc1. The quantitative estimate of drug-likeness (QED) is 0.252. The van der Waals surface area contributed by atoms with Crippen LogP contribution in [0.1, 0.15) is 30.4 Å². The molecule has 0 spiro atoms. The van der Waals surface area contributed by atoms with Crippen LogP contribution < -0.4 is 15.5 Å². The third kappa shape index (κ3) is 8.71. The zero-order valence-corrected chi connectivity index (χ0v) is 20.1. The molecule has 0 radical (unpaired) electrons. The number of anilines is 1. The first-order valence-corrected chi connectivity index (χ1v) is 11.5. The molecule has 3 aromatic carbocycles. The van der Waals surface area contributed by atoms with E-state index in [0.29, 0.717) is 29.5 Å². The summed E-state index contributed by atoms with van der Waals surface area (Å²) in [6, 6.07) is 22.2. The zero-order valence-electron chi connectivity index (χ0n) is 17.8. The third-order valence-corrected chi connectivity index (χ3v) is 5.41. The minimum Gasteiger partial charge on any atom is -0.489 e. The van der Waals surface area contributed by atoms with Crippen molar-refractivity contribution in [3.63, 3.8) is 0 Å². The number of ether oxygens (including phenoxy) is 1. The number of benzene rings is 3. The normalized spacial score (nSPS) is 10.7. The number of hydrazone groups is 1. The van der Waals surface area contributed by atoms with Crippen LogP contribution in [0.25, 0.3) is 0 Å². The molecule has 0 aliphatic heterocycles.